The Bertz CT molecular complexity index is 1480. The number of rotatable bonds is 1. The normalized spacial score (nSPS) is 25.6. The standard InChI is InChI=1S/C30H28N2O2/c1-29(2)19-9-5-7-11-21(19)31-15-13-17(27(29)31)23-25(33)24(26(23)34)18-14-16-32-22-12-8-6-10-20(22)30(3,4)28(18)32/h5-12H,13-16H2,1-4H3. The Morgan fingerprint density at radius 2 is 1.56 bits per heavy atom. The molecular formula is C30H28N2O2. The summed E-state index contributed by atoms with van der Waals surface area (Å²) in [5, 5.41) is 13.7. The molecular weight excluding hydrogens is 420 g/mol. The van der Waals surface area contributed by atoms with Gasteiger partial charge in [0.05, 0.1) is 5.41 Å². The quantitative estimate of drug-likeness (QED) is 0.479. The van der Waals surface area contributed by atoms with Gasteiger partial charge in [-0.15, -0.1) is 0 Å². The van der Waals surface area contributed by atoms with E-state index in [1.807, 2.05) is 0 Å². The fourth-order valence-electron chi connectivity index (χ4n) is 7.30. The highest BCUT2D eigenvalue weighted by atomic mass is 16.3. The van der Waals surface area contributed by atoms with Crippen molar-refractivity contribution in [1.82, 2.24) is 0 Å². The molecule has 2 aromatic rings. The number of hydrogen-bond donors (Lipinski definition) is 0. The number of Topliss-reactive ketones (excluding diaryl/α,β-unsaturated/α-hetero) is 1. The molecule has 0 bridgehead atoms. The second-order valence-electron chi connectivity index (χ2n) is 11.2. The van der Waals surface area contributed by atoms with Crippen molar-refractivity contribution >= 4 is 22.9 Å². The number of anilines is 1. The van der Waals surface area contributed by atoms with Gasteiger partial charge in [-0.2, -0.15) is 4.58 Å². The van der Waals surface area contributed by atoms with Crippen molar-refractivity contribution in [1.29, 1.82) is 0 Å². The number of hydrogen-bond acceptors (Lipinski definition) is 3. The van der Waals surface area contributed by atoms with E-state index in [9.17, 15) is 9.90 Å². The predicted octanol–water partition coefficient (Wildman–Crippen LogP) is 4.42. The van der Waals surface area contributed by atoms with Crippen molar-refractivity contribution in [2.75, 3.05) is 18.0 Å². The van der Waals surface area contributed by atoms with Gasteiger partial charge < -0.3 is 10.0 Å². The van der Waals surface area contributed by atoms with Crippen molar-refractivity contribution < 1.29 is 14.5 Å². The first kappa shape index (κ1) is 20.0. The van der Waals surface area contributed by atoms with Gasteiger partial charge in [0.2, 0.25) is 5.69 Å². The van der Waals surface area contributed by atoms with Gasteiger partial charge in [-0.05, 0) is 37.5 Å². The summed E-state index contributed by atoms with van der Waals surface area (Å²) in [7, 11) is 0. The van der Waals surface area contributed by atoms with Crippen LogP contribution in [0.25, 0.3) is 0 Å². The minimum atomic E-state index is -0.215. The fraction of sp³-hybridized carbons (Fsp3) is 0.333. The molecule has 34 heavy (non-hydrogen) atoms. The van der Waals surface area contributed by atoms with E-state index in [1.54, 1.807) is 0 Å². The minimum absolute atomic E-state index is 0.0442. The van der Waals surface area contributed by atoms with Gasteiger partial charge in [0.15, 0.2) is 18.0 Å². The summed E-state index contributed by atoms with van der Waals surface area (Å²) in [4.78, 5) is 16.0. The van der Waals surface area contributed by atoms with Crippen LogP contribution in [0.2, 0.25) is 0 Å². The van der Waals surface area contributed by atoms with Crippen LogP contribution in [0.15, 0.2) is 82.3 Å². The van der Waals surface area contributed by atoms with Crippen LogP contribution in [0, 0.1) is 0 Å². The van der Waals surface area contributed by atoms with Gasteiger partial charge in [0, 0.05) is 58.1 Å². The molecule has 170 valence electrons. The summed E-state index contributed by atoms with van der Waals surface area (Å²) in [6.07, 6.45) is 1.50. The van der Waals surface area contributed by atoms with E-state index >= 15 is 0 Å². The van der Waals surface area contributed by atoms with Gasteiger partial charge in [0.25, 0.3) is 0 Å². The number of carbonyl (C=O) groups is 1. The third-order valence-electron chi connectivity index (χ3n) is 8.71. The monoisotopic (exact) mass is 448 g/mol. The zero-order chi connectivity index (χ0) is 23.6. The summed E-state index contributed by atoms with van der Waals surface area (Å²) in [6, 6.07) is 16.9. The fourth-order valence-corrected chi connectivity index (χ4v) is 7.30. The molecule has 0 radical (unpaired) electrons. The highest BCUT2D eigenvalue weighted by molar-refractivity contribution is 6.26. The Kier molecular flexibility index (Phi) is 3.64. The van der Waals surface area contributed by atoms with E-state index in [0.29, 0.717) is 11.1 Å². The number of fused-ring (bicyclic) bond motifs is 5. The topological polar surface area (TPSA) is 46.4 Å². The average molecular weight is 449 g/mol. The highest BCUT2D eigenvalue weighted by Crippen LogP contribution is 2.55. The Morgan fingerprint density at radius 3 is 2.32 bits per heavy atom. The maximum atomic E-state index is 13.7. The second-order valence-corrected chi connectivity index (χ2v) is 11.2. The molecule has 2 aromatic carbocycles. The molecule has 0 unspecified atom stereocenters. The lowest BCUT2D eigenvalue weighted by molar-refractivity contribution is -0.428. The molecule has 0 aromatic heterocycles. The van der Waals surface area contributed by atoms with Crippen LogP contribution in [-0.2, 0) is 15.6 Å². The van der Waals surface area contributed by atoms with Crippen molar-refractivity contribution in [3.63, 3.8) is 0 Å². The largest absolute Gasteiger partial charge is 0.871 e. The number of allylic oxidation sites excluding steroid dienone is 3. The molecule has 5 aliphatic rings. The summed E-state index contributed by atoms with van der Waals surface area (Å²) >= 11 is 0. The lowest BCUT2D eigenvalue weighted by Gasteiger charge is -2.35. The zero-order valence-electron chi connectivity index (χ0n) is 20.2. The van der Waals surface area contributed by atoms with Crippen LogP contribution >= 0.6 is 0 Å². The van der Waals surface area contributed by atoms with Crippen LogP contribution in [-0.4, -0.2) is 29.2 Å². The SMILES string of the molecule is CC1(C)C2=C(C3=C([O-])C(=C4CC[N+]5=C4C(C)(C)c4ccccc45)C3=O)CCN2c2ccccc21. The van der Waals surface area contributed by atoms with Gasteiger partial charge in [-0.25, -0.2) is 0 Å². The van der Waals surface area contributed by atoms with Gasteiger partial charge in [-0.1, -0.05) is 56.0 Å². The van der Waals surface area contributed by atoms with Crippen molar-refractivity contribution in [3.8, 4) is 0 Å². The van der Waals surface area contributed by atoms with Gasteiger partial charge in [-0.3, -0.25) is 4.79 Å². The molecule has 0 fully saturated rings. The highest BCUT2D eigenvalue weighted by Gasteiger charge is 2.53. The summed E-state index contributed by atoms with van der Waals surface area (Å²) in [5.41, 5.74) is 9.63. The molecule has 4 nitrogen and oxygen atoms in total. The van der Waals surface area contributed by atoms with Crippen molar-refractivity contribution in [2.24, 2.45) is 0 Å². The summed E-state index contributed by atoms with van der Waals surface area (Å²) in [5.74, 6) is -0.0885. The van der Waals surface area contributed by atoms with E-state index in [4.69, 9.17) is 0 Å². The van der Waals surface area contributed by atoms with E-state index in [-0.39, 0.29) is 22.4 Å². The molecule has 0 saturated heterocycles. The molecule has 0 spiro atoms. The minimum Gasteiger partial charge on any atom is -0.871 e. The molecule has 0 saturated carbocycles. The maximum absolute atomic E-state index is 13.7. The zero-order valence-corrected chi connectivity index (χ0v) is 20.2. The number of ketones is 1. The molecule has 7 rings (SSSR count). The van der Waals surface area contributed by atoms with Crippen molar-refractivity contribution in [3.05, 3.63) is 93.4 Å². The van der Waals surface area contributed by atoms with E-state index in [1.165, 1.54) is 22.5 Å². The number of nitrogens with zero attached hydrogens (tertiary/aromatic N) is 2. The van der Waals surface area contributed by atoms with E-state index in [0.717, 1.165) is 48.5 Å². The van der Waals surface area contributed by atoms with Crippen LogP contribution in [0.5, 0.6) is 0 Å². The smallest absolute Gasteiger partial charge is 0.209 e. The molecule has 4 aliphatic heterocycles. The van der Waals surface area contributed by atoms with Crippen LogP contribution in [0.1, 0.15) is 51.7 Å². The van der Waals surface area contributed by atoms with Gasteiger partial charge in [0.1, 0.15) is 0 Å². The summed E-state index contributed by atoms with van der Waals surface area (Å²) in [6.45, 7) is 10.5. The Balaban J connectivity index is 1.37. The predicted molar refractivity (Wildman–Crippen MR) is 131 cm³/mol. The first-order chi connectivity index (χ1) is 16.2. The first-order valence-corrected chi connectivity index (χ1v) is 12.3. The maximum Gasteiger partial charge on any atom is 0.209 e. The average Bonchev–Trinajstić information content (AvgIpc) is 3.54. The summed E-state index contributed by atoms with van der Waals surface area (Å²) < 4.78 is 2.33. The Hall–Kier alpha value is -3.40. The number of carbonyl (C=O) groups excluding carboxylic acids is 1. The molecule has 1 aliphatic carbocycles. The second kappa shape index (κ2) is 6.18. The van der Waals surface area contributed by atoms with Crippen molar-refractivity contribution in [2.45, 2.75) is 51.4 Å². The Labute approximate surface area is 200 Å². The van der Waals surface area contributed by atoms with E-state index in [2.05, 4.69) is 85.7 Å². The molecule has 0 atom stereocenters. The molecule has 4 heteroatoms. The molecule has 4 heterocycles. The number of benzene rings is 2. The Morgan fingerprint density at radius 1 is 0.853 bits per heavy atom. The molecule has 0 N–H and O–H groups in total. The van der Waals surface area contributed by atoms with Crippen LogP contribution < -0.4 is 10.0 Å². The third-order valence-corrected chi connectivity index (χ3v) is 8.71. The number of para-hydroxylation sites is 2. The first-order valence-electron chi connectivity index (χ1n) is 12.3. The lowest BCUT2D eigenvalue weighted by Crippen LogP contribution is -2.36. The third kappa shape index (κ3) is 2.15. The lowest BCUT2D eigenvalue weighted by atomic mass is 9.72. The molecule has 0 amide bonds. The van der Waals surface area contributed by atoms with Crippen LogP contribution in [0.4, 0.5) is 11.4 Å². The van der Waals surface area contributed by atoms with Crippen LogP contribution in [0.3, 0.4) is 0 Å². The van der Waals surface area contributed by atoms with E-state index < -0.39 is 0 Å². The van der Waals surface area contributed by atoms with Gasteiger partial charge >= 0.3 is 0 Å².